The third-order valence-corrected chi connectivity index (χ3v) is 3.73. The summed E-state index contributed by atoms with van der Waals surface area (Å²) in [6.07, 6.45) is 2.38. The van der Waals surface area contributed by atoms with Gasteiger partial charge in [-0.1, -0.05) is 6.07 Å². The second-order valence-electron chi connectivity index (χ2n) is 5.28. The Balaban J connectivity index is 1.70. The number of likely N-dealkylation sites (tertiary alicyclic amines) is 1. The molecule has 0 aliphatic carbocycles. The maximum absolute atomic E-state index is 13.0. The van der Waals surface area contributed by atoms with Crippen LogP contribution in [0.25, 0.3) is 0 Å². The number of carbonyl (C=O) groups is 1. The van der Waals surface area contributed by atoms with Crippen LogP contribution < -0.4 is 5.32 Å². The summed E-state index contributed by atoms with van der Waals surface area (Å²) >= 11 is 0. The van der Waals surface area contributed by atoms with Gasteiger partial charge >= 0.3 is 0 Å². The molecule has 1 fully saturated rings. The second kappa shape index (κ2) is 7.36. The summed E-state index contributed by atoms with van der Waals surface area (Å²) < 4.78 is 13.0. The van der Waals surface area contributed by atoms with Crippen molar-refractivity contribution in [3.05, 3.63) is 30.1 Å². The van der Waals surface area contributed by atoms with E-state index in [0.717, 1.165) is 25.9 Å². The Morgan fingerprint density at radius 3 is 2.80 bits per heavy atom. The number of aliphatic hydroxyl groups is 1. The highest BCUT2D eigenvalue weighted by atomic mass is 19.1. The number of hydrogen-bond acceptors (Lipinski definition) is 3. The summed E-state index contributed by atoms with van der Waals surface area (Å²) in [6.45, 7) is 2.82. The Morgan fingerprint density at radius 1 is 1.40 bits per heavy atom. The van der Waals surface area contributed by atoms with Crippen LogP contribution in [-0.4, -0.2) is 42.2 Å². The number of halogens is 1. The standard InChI is InChI=1S/C15H21FN2O2/c16-13-2-1-3-14(10-13)17-15(20)6-9-18-7-4-12(11-19)5-8-18/h1-3,10,12,19H,4-9,11H2,(H,17,20). The van der Waals surface area contributed by atoms with E-state index in [0.29, 0.717) is 24.6 Å². The number of nitrogens with one attached hydrogen (secondary N) is 1. The Bertz CT molecular complexity index is 445. The summed E-state index contributed by atoms with van der Waals surface area (Å²) in [5.74, 6) is -0.0406. The van der Waals surface area contributed by atoms with Crippen LogP contribution >= 0.6 is 0 Å². The monoisotopic (exact) mass is 280 g/mol. The molecule has 1 aromatic carbocycles. The minimum atomic E-state index is -0.353. The van der Waals surface area contributed by atoms with Crippen molar-refractivity contribution in [1.29, 1.82) is 0 Å². The zero-order chi connectivity index (χ0) is 14.4. The first-order valence-electron chi connectivity index (χ1n) is 7.06. The van der Waals surface area contributed by atoms with Gasteiger partial charge in [0.1, 0.15) is 5.82 Å². The molecule has 0 radical (unpaired) electrons. The third-order valence-electron chi connectivity index (χ3n) is 3.73. The van der Waals surface area contributed by atoms with Gasteiger partial charge in [-0.25, -0.2) is 4.39 Å². The quantitative estimate of drug-likeness (QED) is 0.865. The van der Waals surface area contributed by atoms with Crippen molar-refractivity contribution in [3.63, 3.8) is 0 Å². The lowest BCUT2D eigenvalue weighted by molar-refractivity contribution is -0.116. The topological polar surface area (TPSA) is 52.6 Å². The number of hydrogen-bond donors (Lipinski definition) is 2. The maximum atomic E-state index is 13.0. The Labute approximate surface area is 118 Å². The number of benzene rings is 1. The normalized spacial score (nSPS) is 17.1. The minimum Gasteiger partial charge on any atom is -0.396 e. The van der Waals surface area contributed by atoms with Crippen molar-refractivity contribution in [3.8, 4) is 0 Å². The predicted octanol–water partition coefficient (Wildman–Crippen LogP) is 1.86. The molecule has 20 heavy (non-hydrogen) atoms. The largest absolute Gasteiger partial charge is 0.396 e. The van der Waals surface area contributed by atoms with Crippen LogP contribution in [0.3, 0.4) is 0 Å². The number of carbonyl (C=O) groups excluding carboxylic acids is 1. The molecule has 0 aromatic heterocycles. The highest BCUT2D eigenvalue weighted by Gasteiger charge is 2.18. The third kappa shape index (κ3) is 4.58. The number of rotatable bonds is 5. The number of nitrogens with zero attached hydrogens (tertiary/aromatic N) is 1. The molecular formula is C15H21FN2O2. The van der Waals surface area contributed by atoms with E-state index in [9.17, 15) is 9.18 Å². The van der Waals surface area contributed by atoms with E-state index in [1.807, 2.05) is 0 Å². The molecule has 0 unspecified atom stereocenters. The Morgan fingerprint density at radius 2 is 2.15 bits per heavy atom. The van der Waals surface area contributed by atoms with Gasteiger partial charge < -0.3 is 15.3 Å². The number of piperidine rings is 1. The van der Waals surface area contributed by atoms with Gasteiger partial charge in [0.05, 0.1) is 0 Å². The summed E-state index contributed by atoms with van der Waals surface area (Å²) in [5.41, 5.74) is 0.494. The van der Waals surface area contributed by atoms with E-state index < -0.39 is 0 Å². The smallest absolute Gasteiger partial charge is 0.225 e. The Kier molecular flexibility index (Phi) is 5.49. The lowest BCUT2D eigenvalue weighted by Gasteiger charge is -2.30. The van der Waals surface area contributed by atoms with Crippen LogP contribution in [0.15, 0.2) is 24.3 Å². The van der Waals surface area contributed by atoms with Gasteiger partial charge in [0.15, 0.2) is 0 Å². The number of aliphatic hydroxyl groups excluding tert-OH is 1. The van der Waals surface area contributed by atoms with Crippen LogP contribution in [0.2, 0.25) is 0 Å². The van der Waals surface area contributed by atoms with Crippen LogP contribution in [-0.2, 0) is 4.79 Å². The molecule has 0 bridgehead atoms. The van der Waals surface area contributed by atoms with Crippen molar-refractivity contribution in [2.75, 3.05) is 31.6 Å². The molecule has 1 saturated heterocycles. The first-order chi connectivity index (χ1) is 9.67. The van der Waals surface area contributed by atoms with Gasteiger partial charge in [-0.2, -0.15) is 0 Å². The molecule has 5 heteroatoms. The van der Waals surface area contributed by atoms with Crippen LogP contribution in [0, 0.1) is 11.7 Å². The fraction of sp³-hybridized carbons (Fsp3) is 0.533. The van der Waals surface area contributed by atoms with Gasteiger partial charge in [0, 0.05) is 25.3 Å². The molecule has 0 atom stereocenters. The molecule has 4 nitrogen and oxygen atoms in total. The molecule has 2 N–H and O–H groups in total. The molecule has 1 aromatic rings. The summed E-state index contributed by atoms with van der Waals surface area (Å²) in [5, 5.41) is 11.8. The highest BCUT2D eigenvalue weighted by Crippen LogP contribution is 2.16. The fourth-order valence-corrected chi connectivity index (χ4v) is 2.44. The van der Waals surface area contributed by atoms with Gasteiger partial charge in [0.25, 0.3) is 0 Å². The van der Waals surface area contributed by atoms with Crippen molar-refractivity contribution >= 4 is 11.6 Å². The van der Waals surface area contributed by atoms with Crippen molar-refractivity contribution in [1.82, 2.24) is 4.90 Å². The molecule has 0 spiro atoms. The second-order valence-corrected chi connectivity index (χ2v) is 5.28. The molecule has 1 aliphatic heterocycles. The van der Waals surface area contributed by atoms with E-state index in [2.05, 4.69) is 10.2 Å². The number of amides is 1. The molecule has 1 aliphatic rings. The molecule has 1 amide bonds. The van der Waals surface area contributed by atoms with E-state index in [1.165, 1.54) is 12.1 Å². The summed E-state index contributed by atoms with van der Waals surface area (Å²) in [4.78, 5) is 14.0. The first-order valence-corrected chi connectivity index (χ1v) is 7.06. The van der Waals surface area contributed by atoms with Crippen LogP contribution in [0.1, 0.15) is 19.3 Å². The van der Waals surface area contributed by atoms with Crippen molar-refractivity contribution < 1.29 is 14.3 Å². The summed E-state index contributed by atoms with van der Waals surface area (Å²) in [7, 11) is 0. The molecule has 110 valence electrons. The molecule has 2 rings (SSSR count). The van der Waals surface area contributed by atoms with E-state index in [-0.39, 0.29) is 18.3 Å². The fourth-order valence-electron chi connectivity index (χ4n) is 2.44. The molecular weight excluding hydrogens is 259 g/mol. The average Bonchev–Trinajstić information content (AvgIpc) is 2.46. The lowest BCUT2D eigenvalue weighted by Crippen LogP contribution is -2.36. The summed E-state index contributed by atoms with van der Waals surface area (Å²) in [6, 6.07) is 5.91. The maximum Gasteiger partial charge on any atom is 0.225 e. The predicted molar refractivity (Wildman–Crippen MR) is 75.9 cm³/mol. The zero-order valence-corrected chi connectivity index (χ0v) is 11.5. The SMILES string of the molecule is O=C(CCN1CCC(CO)CC1)Nc1cccc(F)c1. The van der Waals surface area contributed by atoms with Gasteiger partial charge in [-0.3, -0.25) is 4.79 Å². The lowest BCUT2D eigenvalue weighted by atomic mass is 9.98. The molecule has 0 saturated carbocycles. The van der Waals surface area contributed by atoms with E-state index in [1.54, 1.807) is 12.1 Å². The van der Waals surface area contributed by atoms with Crippen LogP contribution in [0.5, 0.6) is 0 Å². The van der Waals surface area contributed by atoms with Crippen molar-refractivity contribution in [2.24, 2.45) is 5.92 Å². The van der Waals surface area contributed by atoms with E-state index >= 15 is 0 Å². The zero-order valence-electron chi connectivity index (χ0n) is 11.5. The van der Waals surface area contributed by atoms with Crippen LogP contribution in [0.4, 0.5) is 10.1 Å². The first kappa shape index (κ1) is 14.9. The Hall–Kier alpha value is -1.46. The van der Waals surface area contributed by atoms with Gasteiger partial charge in [0.2, 0.25) is 5.91 Å². The molecule has 1 heterocycles. The average molecular weight is 280 g/mol. The number of anilines is 1. The minimum absolute atomic E-state index is 0.0973. The van der Waals surface area contributed by atoms with Crippen molar-refractivity contribution in [2.45, 2.75) is 19.3 Å². The van der Waals surface area contributed by atoms with Gasteiger partial charge in [-0.05, 0) is 50.0 Å². The van der Waals surface area contributed by atoms with E-state index in [4.69, 9.17) is 5.11 Å². The highest BCUT2D eigenvalue weighted by molar-refractivity contribution is 5.90. The van der Waals surface area contributed by atoms with Gasteiger partial charge in [-0.15, -0.1) is 0 Å².